The summed E-state index contributed by atoms with van der Waals surface area (Å²) >= 11 is 0. The molecule has 0 aliphatic rings. The minimum Gasteiger partial charge on any atom is -0.481 e. The predicted octanol–water partition coefficient (Wildman–Crippen LogP) is 5.52. The Morgan fingerprint density at radius 3 is 2.24 bits per heavy atom. The fourth-order valence-electron chi connectivity index (χ4n) is 1.88. The minimum absolute atomic E-state index is 0.197. The Kier molecular flexibility index (Phi) is 16.7. The lowest BCUT2D eigenvalue weighted by atomic mass is 10.2. The molecule has 0 amide bonds. The SMILES string of the molecule is CC/C=C\C[C@H](O)/C=C/C=C/C=C/CC/C=C\C/C=C\CCC(=O)O. The fourth-order valence-corrected chi connectivity index (χ4v) is 1.88. The average molecular weight is 344 g/mol. The Labute approximate surface area is 152 Å². The molecule has 25 heavy (non-hydrogen) atoms. The number of unbranched alkanes of at least 4 members (excludes halogenated alkanes) is 1. The molecule has 0 fully saturated rings. The zero-order valence-electron chi connectivity index (χ0n) is 15.3. The van der Waals surface area contributed by atoms with E-state index < -0.39 is 12.1 Å². The van der Waals surface area contributed by atoms with Gasteiger partial charge >= 0.3 is 5.97 Å². The van der Waals surface area contributed by atoms with Gasteiger partial charge in [0.15, 0.2) is 0 Å². The molecule has 0 saturated carbocycles. The summed E-state index contributed by atoms with van der Waals surface area (Å²) in [6.07, 6.45) is 28.7. The molecule has 1 atom stereocenters. The van der Waals surface area contributed by atoms with Crippen LogP contribution in [-0.4, -0.2) is 22.3 Å². The van der Waals surface area contributed by atoms with Gasteiger partial charge in [0.25, 0.3) is 0 Å². The zero-order chi connectivity index (χ0) is 18.6. The van der Waals surface area contributed by atoms with Crippen LogP contribution in [0.15, 0.2) is 72.9 Å². The van der Waals surface area contributed by atoms with Crippen molar-refractivity contribution in [3.8, 4) is 0 Å². The van der Waals surface area contributed by atoms with Crippen LogP contribution in [0.4, 0.5) is 0 Å². The van der Waals surface area contributed by atoms with Crippen molar-refractivity contribution in [1.82, 2.24) is 0 Å². The molecule has 3 nitrogen and oxygen atoms in total. The lowest BCUT2D eigenvalue weighted by molar-refractivity contribution is -0.136. The summed E-state index contributed by atoms with van der Waals surface area (Å²) in [4.78, 5) is 10.3. The molecule has 0 aliphatic heterocycles. The predicted molar refractivity (Wildman–Crippen MR) is 106 cm³/mol. The average Bonchev–Trinajstić information content (AvgIpc) is 2.58. The Bertz CT molecular complexity index is 493. The molecule has 0 bridgehead atoms. The molecular weight excluding hydrogens is 312 g/mol. The van der Waals surface area contributed by atoms with Crippen molar-refractivity contribution in [2.24, 2.45) is 0 Å². The van der Waals surface area contributed by atoms with Crippen molar-refractivity contribution in [2.45, 2.75) is 58.0 Å². The van der Waals surface area contributed by atoms with Crippen LogP contribution in [0.1, 0.15) is 51.9 Å². The third-order valence-corrected chi connectivity index (χ3v) is 3.21. The van der Waals surface area contributed by atoms with Crippen LogP contribution in [0.3, 0.4) is 0 Å². The maximum absolute atomic E-state index is 10.3. The van der Waals surface area contributed by atoms with E-state index in [4.69, 9.17) is 5.11 Å². The van der Waals surface area contributed by atoms with E-state index in [0.717, 1.165) is 25.7 Å². The Morgan fingerprint density at radius 2 is 1.52 bits per heavy atom. The Morgan fingerprint density at radius 1 is 0.840 bits per heavy atom. The summed E-state index contributed by atoms with van der Waals surface area (Å²) < 4.78 is 0. The molecule has 0 unspecified atom stereocenters. The van der Waals surface area contributed by atoms with Crippen LogP contribution in [0, 0.1) is 0 Å². The molecule has 0 radical (unpaired) electrons. The van der Waals surface area contributed by atoms with E-state index >= 15 is 0 Å². The van der Waals surface area contributed by atoms with Gasteiger partial charge in [-0.25, -0.2) is 0 Å². The second-order valence-electron chi connectivity index (χ2n) is 5.57. The first-order chi connectivity index (χ1) is 12.2. The summed E-state index contributed by atoms with van der Waals surface area (Å²) in [5, 5.41) is 18.2. The van der Waals surface area contributed by atoms with Crippen LogP contribution in [0.25, 0.3) is 0 Å². The molecule has 0 spiro atoms. The van der Waals surface area contributed by atoms with E-state index in [-0.39, 0.29) is 6.42 Å². The lowest BCUT2D eigenvalue weighted by Gasteiger charge is -1.98. The number of carboxylic acid groups (broad SMARTS) is 1. The number of allylic oxidation sites excluding steroid dienone is 10. The van der Waals surface area contributed by atoms with Crippen LogP contribution in [-0.2, 0) is 4.79 Å². The van der Waals surface area contributed by atoms with E-state index in [0.29, 0.717) is 12.8 Å². The van der Waals surface area contributed by atoms with E-state index in [2.05, 4.69) is 31.2 Å². The van der Waals surface area contributed by atoms with E-state index in [1.165, 1.54) is 0 Å². The first-order valence-electron chi connectivity index (χ1n) is 9.01. The number of carbonyl (C=O) groups is 1. The van der Waals surface area contributed by atoms with Gasteiger partial charge in [-0.15, -0.1) is 0 Å². The number of rotatable bonds is 14. The maximum Gasteiger partial charge on any atom is 0.303 e. The summed E-state index contributed by atoms with van der Waals surface area (Å²) in [5.41, 5.74) is 0. The second-order valence-corrected chi connectivity index (χ2v) is 5.57. The molecule has 0 heterocycles. The highest BCUT2D eigenvalue weighted by Crippen LogP contribution is 1.99. The number of aliphatic hydroxyl groups is 1. The van der Waals surface area contributed by atoms with Gasteiger partial charge in [0.1, 0.15) is 0 Å². The second kappa shape index (κ2) is 18.2. The number of hydrogen-bond donors (Lipinski definition) is 2. The normalized spacial score (nSPS) is 14.3. The molecular formula is C22H32O3. The van der Waals surface area contributed by atoms with Gasteiger partial charge in [-0.05, 0) is 38.5 Å². The van der Waals surface area contributed by atoms with Gasteiger partial charge in [-0.3, -0.25) is 4.79 Å². The van der Waals surface area contributed by atoms with Gasteiger partial charge in [0, 0.05) is 6.42 Å². The lowest BCUT2D eigenvalue weighted by Crippen LogP contribution is -1.98. The van der Waals surface area contributed by atoms with Crippen molar-refractivity contribution in [1.29, 1.82) is 0 Å². The first kappa shape index (κ1) is 22.9. The topological polar surface area (TPSA) is 57.5 Å². The fraction of sp³-hybridized carbons (Fsp3) is 0.409. The van der Waals surface area contributed by atoms with E-state index in [9.17, 15) is 9.90 Å². The van der Waals surface area contributed by atoms with Gasteiger partial charge < -0.3 is 10.2 Å². The van der Waals surface area contributed by atoms with Crippen molar-refractivity contribution >= 4 is 5.97 Å². The van der Waals surface area contributed by atoms with Crippen molar-refractivity contribution in [2.75, 3.05) is 0 Å². The highest BCUT2D eigenvalue weighted by molar-refractivity contribution is 5.66. The summed E-state index contributed by atoms with van der Waals surface area (Å²) in [6, 6.07) is 0. The third kappa shape index (κ3) is 19.8. The van der Waals surface area contributed by atoms with Gasteiger partial charge in [0.05, 0.1) is 6.10 Å². The summed E-state index contributed by atoms with van der Waals surface area (Å²) in [6.45, 7) is 2.08. The summed E-state index contributed by atoms with van der Waals surface area (Å²) in [7, 11) is 0. The molecule has 0 aliphatic carbocycles. The number of carboxylic acids is 1. The van der Waals surface area contributed by atoms with Crippen molar-refractivity contribution < 1.29 is 15.0 Å². The van der Waals surface area contributed by atoms with Gasteiger partial charge in [-0.1, -0.05) is 79.8 Å². The maximum atomic E-state index is 10.3. The Hall–Kier alpha value is -2.13. The monoisotopic (exact) mass is 344 g/mol. The Balaban J connectivity index is 3.66. The highest BCUT2D eigenvalue weighted by atomic mass is 16.4. The molecule has 3 heteroatoms. The molecule has 0 saturated heterocycles. The molecule has 2 N–H and O–H groups in total. The first-order valence-corrected chi connectivity index (χ1v) is 9.01. The third-order valence-electron chi connectivity index (χ3n) is 3.21. The van der Waals surface area contributed by atoms with Crippen molar-refractivity contribution in [3.05, 3.63) is 72.9 Å². The smallest absolute Gasteiger partial charge is 0.303 e. The number of aliphatic hydroxyl groups excluding tert-OH is 1. The highest BCUT2D eigenvalue weighted by Gasteiger charge is 1.92. The van der Waals surface area contributed by atoms with E-state index in [1.807, 2.05) is 42.5 Å². The molecule has 138 valence electrons. The summed E-state index contributed by atoms with van der Waals surface area (Å²) in [5.74, 6) is -0.753. The molecule has 0 aromatic carbocycles. The largest absolute Gasteiger partial charge is 0.481 e. The van der Waals surface area contributed by atoms with Gasteiger partial charge in [0.2, 0.25) is 0 Å². The van der Waals surface area contributed by atoms with Crippen molar-refractivity contribution in [3.63, 3.8) is 0 Å². The number of aliphatic carboxylic acids is 1. The molecule has 0 aromatic rings. The minimum atomic E-state index is -0.753. The van der Waals surface area contributed by atoms with Crippen LogP contribution < -0.4 is 0 Å². The van der Waals surface area contributed by atoms with Gasteiger partial charge in [-0.2, -0.15) is 0 Å². The quantitative estimate of drug-likeness (QED) is 0.248. The molecule has 0 rings (SSSR count). The van der Waals surface area contributed by atoms with Crippen LogP contribution in [0.5, 0.6) is 0 Å². The van der Waals surface area contributed by atoms with Crippen LogP contribution >= 0.6 is 0 Å². The standard InChI is InChI=1S/C22H32O3/c1-2-3-15-18-21(23)19-16-13-11-9-7-5-4-6-8-10-12-14-17-20-22(24)25/h3,6-9,11-16,19,21,23H,2,4-5,10,17-18,20H2,1H3,(H,24,25)/b8-6-,9-7+,13-11+,14-12-,15-3-,19-16+/t21-/m0/s1. The number of hydrogen-bond acceptors (Lipinski definition) is 2. The molecule has 0 aromatic heterocycles. The zero-order valence-corrected chi connectivity index (χ0v) is 15.3. The van der Waals surface area contributed by atoms with Crippen LogP contribution in [0.2, 0.25) is 0 Å². The van der Waals surface area contributed by atoms with E-state index in [1.54, 1.807) is 6.08 Å².